The van der Waals surface area contributed by atoms with Gasteiger partial charge in [0, 0.05) is 18.5 Å². The third-order valence-corrected chi connectivity index (χ3v) is 4.58. The lowest BCUT2D eigenvalue weighted by Crippen LogP contribution is -2.44. The summed E-state index contributed by atoms with van der Waals surface area (Å²) in [4.78, 5) is 24.2. The minimum Gasteiger partial charge on any atom is -0.493 e. The monoisotopic (exact) mass is 349 g/mol. The van der Waals surface area contributed by atoms with Crippen molar-refractivity contribution in [2.75, 3.05) is 26.1 Å². The van der Waals surface area contributed by atoms with Gasteiger partial charge in [0.05, 0.1) is 19.9 Å². The summed E-state index contributed by atoms with van der Waals surface area (Å²) >= 11 is 0. The van der Waals surface area contributed by atoms with Crippen molar-refractivity contribution in [3.8, 4) is 11.5 Å². The maximum atomic E-state index is 12.7. The molecule has 0 aliphatic heterocycles. The van der Waals surface area contributed by atoms with E-state index in [2.05, 4.69) is 10.6 Å². The summed E-state index contributed by atoms with van der Waals surface area (Å²) in [6.07, 6.45) is 4.20. The minimum atomic E-state index is -0.256. The lowest BCUT2D eigenvalue weighted by molar-refractivity contribution is -0.114. The molecule has 2 rings (SSSR count). The van der Waals surface area contributed by atoms with Gasteiger partial charge >= 0.3 is 0 Å². The molecule has 4 N–H and O–H groups in total. The number of nitrogens with one attached hydrogen (secondary N) is 2. The molecule has 1 aromatic carbocycles. The molecule has 1 aliphatic carbocycles. The van der Waals surface area contributed by atoms with Crippen LogP contribution in [-0.4, -0.2) is 38.6 Å². The van der Waals surface area contributed by atoms with Crippen molar-refractivity contribution >= 4 is 17.5 Å². The Morgan fingerprint density at radius 2 is 1.92 bits per heavy atom. The fourth-order valence-corrected chi connectivity index (χ4v) is 3.31. The molecule has 1 aliphatic rings. The summed E-state index contributed by atoms with van der Waals surface area (Å²) < 4.78 is 10.6. The van der Waals surface area contributed by atoms with E-state index in [0.29, 0.717) is 35.2 Å². The van der Waals surface area contributed by atoms with E-state index in [4.69, 9.17) is 15.2 Å². The highest BCUT2D eigenvalue weighted by molar-refractivity contribution is 5.99. The van der Waals surface area contributed by atoms with Crippen LogP contribution in [0.4, 0.5) is 5.69 Å². The van der Waals surface area contributed by atoms with Crippen LogP contribution < -0.4 is 25.8 Å². The Balaban J connectivity index is 2.27. The molecule has 2 atom stereocenters. The summed E-state index contributed by atoms with van der Waals surface area (Å²) in [5, 5.41) is 5.75. The quantitative estimate of drug-likeness (QED) is 0.728. The number of rotatable bonds is 6. The third-order valence-electron chi connectivity index (χ3n) is 4.58. The van der Waals surface area contributed by atoms with Crippen LogP contribution in [0.15, 0.2) is 12.1 Å². The summed E-state index contributed by atoms with van der Waals surface area (Å²) in [5.74, 6) is 0.601. The standard InChI is InChI=1S/C18H27N3O4/c1-11(22)20-15-8-13(9-16(24-2)17(15)25-3)18(23)21-14-7-5-4-6-12(14)10-19/h8-9,12,14H,4-7,10,19H2,1-3H3,(H,20,22)(H,21,23). The number of hydrogen-bond donors (Lipinski definition) is 3. The molecule has 25 heavy (non-hydrogen) atoms. The zero-order chi connectivity index (χ0) is 18.4. The second-order valence-corrected chi connectivity index (χ2v) is 6.30. The predicted molar refractivity (Wildman–Crippen MR) is 96.1 cm³/mol. The van der Waals surface area contributed by atoms with Gasteiger partial charge in [-0.3, -0.25) is 9.59 Å². The number of ether oxygens (including phenoxy) is 2. The molecular weight excluding hydrogens is 322 g/mol. The van der Waals surface area contributed by atoms with Crippen LogP contribution in [0.5, 0.6) is 11.5 Å². The van der Waals surface area contributed by atoms with Gasteiger partial charge in [0.2, 0.25) is 5.91 Å². The second-order valence-electron chi connectivity index (χ2n) is 6.30. The maximum Gasteiger partial charge on any atom is 0.251 e. The first kappa shape index (κ1) is 19.1. The van der Waals surface area contributed by atoms with Crippen molar-refractivity contribution in [2.45, 2.75) is 38.6 Å². The van der Waals surface area contributed by atoms with Crippen molar-refractivity contribution in [1.82, 2.24) is 5.32 Å². The zero-order valence-corrected chi connectivity index (χ0v) is 15.1. The number of methoxy groups -OCH3 is 2. The minimum absolute atomic E-state index is 0.0727. The summed E-state index contributed by atoms with van der Waals surface area (Å²) in [7, 11) is 2.97. The molecule has 0 heterocycles. The number of carbonyl (C=O) groups is 2. The van der Waals surface area contributed by atoms with Crippen LogP contribution in [0, 0.1) is 5.92 Å². The van der Waals surface area contributed by atoms with E-state index in [9.17, 15) is 9.59 Å². The summed E-state index contributed by atoms with van der Waals surface area (Å²) in [6, 6.07) is 3.28. The first-order valence-electron chi connectivity index (χ1n) is 8.54. The Hall–Kier alpha value is -2.28. The van der Waals surface area contributed by atoms with Crippen LogP contribution in [0.2, 0.25) is 0 Å². The van der Waals surface area contributed by atoms with Gasteiger partial charge in [-0.2, -0.15) is 0 Å². The van der Waals surface area contributed by atoms with E-state index >= 15 is 0 Å². The van der Waals surface area contributed by atoms with Gasteiger partial charge in [-0.1, -0.05) is 12.8 Å². The molecule has 7 nitrogen and oxygen atoms in total. The van der Waals surface area contributed by atoms with Crippen molar-refractivity contribution in [1.29, 1.82) is 0 Å². The van der Waals surface area contributed by atoms with Crippen LogP contribution in [0.1, 0.15) is 43.0 Å². The maximum absolute atomic E-state index is 12.7. The van der Waals surface area contributed by atoms with E-state index < -0.39 is 0 Å². The molecule has 0 radical (unpaired) electrons. The molecule has 0 bridgehead atoms. The van der Waals surface area contributed by atoms with Gasteiger partial charge in [-0.25, -0.2) is 0 Å². The number of benzene rings is 1. The van der Waals surface area contributed by atoms with Gasteiger partial charge in [0.25, 0.3) is 5.91 Å². The van der Waals surface area contributed by atoms with E-state index in [0.717, 1.165) is 25.7 Å². The Morgan fingerprint density at radius 3 is 2.52 bits per heavy atom. The number of hydrogen-bond acceptors (Lipinski definition) is 5. The number of anilines is 1. The van der Waals surface area contributed by atoms with Gasteiger partial charge in [0.1, 0.15) is 0 Å². The highest BCUT2D eigenvalue weighted by Gasteiger charge is 2.26. The largest absolute Gasteiger partial charge is 0.493 e. The molecule has 2 amide bonds. The molecule has 1 fully saturated rings. The van der Waals surface area contributed by atoms with Crippen LogP contribution in [-0.2, 0) is 4.79 Å². The van der Waals surface area contributed by atoms with Gasteiger partial charge in [-0.05, 0) is 37.4 Å². The number of nitrogens with two attached hydrogens (primary N) is 1. The highest BCUT2D eigenvalue weighted by Crippen LogP contribution is 2.36. The van der Waals surface area contributed by atoms with Crippen molar-refractivity contribution in [3.63, 3.8) is 0 Å². The van der Waals surface area contributed by atoms with Crippen LogP contribution in [0.25, 0.3) is 0 Å². The highest BCUT2D eigenvalue weighted by atomic mass is 16.5. The van der Waals surface area contributed by atoms with E-state index in [1.165, 1.54) is 21.1 Å². The normalized spacial score (nSPS) is 19.8. The van der Waals surface area contributed by atoms with E-state index in [1.807, 2.05) is 0 Å². The zero-order valence-electron chi connectivity index (χ0n) is 15.1. The fourth-order valence-electron chi connectivity index (χ4n) is 3.31. The molecule has 1 aromatic rings. The summed E-state index contributed by atoms with van der Waals surface area (Å²) in [5.41, 5.74) is 6.64. The van der Waals surface area contributed by atoms with Crippen molar-refractivity contribution in [3.05, 3.63) is 17.7 Å². The van der Waals surface area contributed by atoms with Crippen LogP contribution >= 0.6 is 0 Å². The smallest absolute Gasteiger partial charge is 0.251 e. The fraction of sp³-hybridized carbons (Fsp3) is 0.556. The van der Waals surface area contributed by atoms with Crippen molar-refractivity contribution < 1.29 is 19.1 Å². The average molecular weight is 349 g/mol. The van der Waals surface area contributed by atoms with Gasteiger partial charge in [0.15, 0.2) is 11.5 Å². The first-order valence-corrected chi connectivity index (χ1v) is 8.54. The summed E-state index contributed by atoms with van der Waals surface area (Å²) in [6.45, 7) is 1.96. The average Bonchev–Trinajstić information content (AvgIpc) is 2.60. The third kappa shape index (κ3) is 4.63. The topological polar surface area (TPSA) is 103 Å². The number of carbonyl (C=O) groups excluding carboxylic acids is 2. The van der Waals surface area contributed by atoms with E-state index in [-0.39, 0.29) is 17.9 Å². The second kappa shape index (κ2) is 8.71. The molecule has 2 unspecified atom stereocenters. The van der Waals surface area contributed by atoms with E-state index in [1.54, 1.807) is 12.1 Å². The lowest BCUT2D eigenvalue weighted by Gasteiger charge is -2.31. The molecule has 0 spiro atoms. The molecule has 138 valence electrons. The Kier molecular flexibility index (Phi) is 6.64. The van der Waals surface area contributed by atoms with Gasteiger partial charge < -0.3 is 25.8 Å². The Bertz CT molecular complexity index is 633. The SMILES string of the molecule is COc1cc(C(=O)NC2CCCCC2CN)cc(NC(C)=O)c1OC. The molecule has 1 saturated carbocycles. The number of amides is 2. The predicted octanol–water partition coefficient (Wildman–Crippen LogP) is 1.91. The molecule has 0 saturated heterocycles. The lowest BCUT2D eigenvalue weighted by atomic mass is 9.84. The Morgan fingerprint density at radius 1 is 1.20 bits per heavy atom. The molecular formula is C18H27N3O4. The van der Waals surface area contributed by atoms with Gasteiger partial charge in [-0.15, -0.1) is 0 Å². The Labute approximate surface area is 148 Å². The van der Waals surface area contributed by atoms with Crippen LogP contribution in [0.3, 0.4) is 0 Å². The van der Waals surface area contributed by atoms with Crippen molar-refractivity contribution in [2.24, 2.45) is 11.7 Å². The molecule has 0 aromatic heterocycles. The molecule has 7 heteroatoms. The first-order chi connectivity index (χ1) is 12.0.